The molecule has 2 N–H and O–H groups in total. The summed E-state index contributed by atoms with van der Waals surface area (Å²) in [5, 5.41) is 5.41. The minimum Gasteiger partial charge on any atom is -0.339 e. The topological polar surface area (TPSA) is 119 Å². The summed E-state index contributed by atoms with van der Waals surface area (Å²) in [6.45, 7) is 9.01. The average Bonchev–Trinajstić information content (AvgIpc) is 3.03. The number of rotatable bonds is 5. The van der Waals surface area contributed by atoms with Crippen molar-refractivity contribution in [3.8, 4) is 0 Å². The van der Waals surface area contributed by atoms with Crippen molar-refractivity contribution < 1.29 is 24.0 Å². The van der Waals surface area contributed by atoms with Crippen LogP contribution >= 0.6 is 11.8 Å². The maximum atomic E-state index is 13.4. The van der Waals surface area contributed by atoms with Gasteiger partial charge in [0.05, 0.1) is 0 Å². The molecule has 3 aliphatic heterocycles. The van der Waals surface area contributed by atoms with Gasteiger partial charge in [0, 0.05) is 30.9 Å². The number of likely N-dealkylation sites (N-methyl/N-ethyl adjacent to an activating group) is 1. The van der Waals surface area contributed by atoms with E-state index in [0.29, 0.717) is 18.7 Å². The van der Waals surface area contributed by atoms with Gasteiger partial charge in [0.25, 0.3) is 0 Å². The number of carbonyl (C=O) groups excluding carboxylic acids is 5. The van der Waals surface area contributed by atoms with Crippen molar-refractivity contribution in [1.29, 1.82) is 0 Å². The van der Waals surface area contributed by atoms with E-state index in [0.717, 1.165) is 4.90 Å². The van der Waals surface area contributed by atoms with Crippen molar-refractivity contribution in [2.24, 2.45) is 0 Å². The number of amides is 6. The molecular formula is C23H29N5O5S. The zero-order chi connectivity index (χ0) is 24.8. The molecule has 11 heteroatoms. The highest BCUT2D eigenvalue weighted by molar-refractivity contribution is 8.02. The predicted octanol–water partition coefficient (Wildman–Crippen LogP) is 0.697. The third kappa shape index (κ3) is 4.02. The lowest BCUT2D eigenvalue weighted by Crippen LogP contribution is -2.74. The van der Waals surface area contributed by atoms with E-state index in [2.05, 4.69) is 24.5 Å². The first-order valence-corrected chi connectivity index (χ1v) is 12.1. The van der Waals surface area contributed by atoms with Crippen LogP contribution in [0.3, 0.4) is 0 Å². The van der Waals surface area contributed by atoms with E-state index in [-0.39, 0.29) is 23.7 Å². The largest absolute Gasteiger partial charge is 0.339 e. The molecule has 3 fully saturated rings. The molecule has 0 radical (unpaired) electrons. The third-order valence-electron chi connectivity index (χ3n) is 6.49. The number of β-lactam (4-membered cyclic amide) rings is 1. The molecule has 6 amide bonds. The van der Waals surface area contributed by atoms with Gasteiger partial charge in [0.2, 0.25) is 11.8 Å². The number of benzene rings is 1. The van der Waals surface area contributed by atoms with Gasteiger partial charge in [-0.2, -0.15) is 0 Å². The fraction of sp³-hybridized carbons (Fsp3) is 0.522. The highest BCUT2D eigenvalue weighted by Gasteiger charge is 2.65. The van der Waals surface area contributed by atoms with Crippen molar-refractivity contribution in [1.82, 2.24) is 25.3 Å². The standard InChI is InChI=1S/C23H29N5O5S/c1-5-26-11-12-27(20(32)19(26)31)21(33)24-15(14-9-7-6-8-10-14)17(29)25-16-18(30)28-13-22(2,3)34-23(16,28)4/h6-10,15-16H,5,11-13H2,1-4H3,(H,24,33)(H,25,29)/t15?,16-,23?/m1/s1. The van der Waals surface area contributed by atoms with E-state index in [9.17, 15) is 24.0 Å². The zero-order valence-corrected chi connectivity index (χ0v) is 20.5. The minimum atomic E-state index is -1.15. The first-order valence-electron chi connectivity index (χ1n) is 11.3. The molecule has 34 heavy (non-hydrogen) atoms. The molecule has 0 saturated carbocycles. The molecule has 0 spiro atoms. The van der Waals surface area contributed by atoms with E-state index < -0.39 is 40.7 Å². The van der Waals surface area contributed by atoms with Crippen LogP contribution < -0.4 is 10.6 Å². The maximum absolute atomic E-state index is 13.4. The first kappa shape index (κ1) is 24.1. The fourth-order valence-electron chi connectivity index (χ4n) is 4.75. The van der Waals surface area contributed by atoms with Gasteiger partial charge in [-0.25, -0.2) is 4.79 Å². The second kappa shape index (κ2) is 8.61. The molecule has 1 aromatic carbocycles. The molecule has 0 aromatic heterocycles. The number of nitrogens with one attached hydrogen (secondary N) is 2. The second-order valence-corrected chi connectivity index (χ2v) is 11.6. The Morgan fingerprint density at radius 3 is 2.41 bits per heavy atom. The fourth-order valence-corrected chi connectivity index (χ4v) is 6.61. The molecule has 4 rings (SSSR count). The molecule has 0 aliphatic carbocycles. The Balaban J connectivity index is 1.52. The predicted molar refractivity (Wildman–Crippen MR) is 125 cm³/mol. The van der Waals surface area contributed by atoms with Gasteiger partial charge >= 0.3 is 17.8 Å². The molecule has 3 aliphatic rings. The van der Waals surface area contributed by atoms with Crippen molar-refractivity contribution >= 4 is 41.4 Å². The number of nitrogens with zero attached hydrogens (tertiary/aromatic N) is 3. The summed E-state index contributed by atoms with van der Waals surface area (Å²) in [4.78, 5) is 67.1. The van der Waals surface area contributed by atoms with E-state index in [1.807, 2.05) is 6.92 Å². The SMILES string of the molecule is CCN1CCN(C(=O)NC(C(=O)N[C@@H]2C(=O)N3CC(C)(C)SC23C)c2ccccc2)C(=O)C1=O. The molecule has 10 nitrogen and oxygen atoms in total. The lowest BCUT2D eigenvalue weighted by Gasteiger charge is -2.50. The van der Waals surface area contributed by atoms with Gasteiger partial charge in [-0.05, 0) is 33.3 Å². The molecule has 2 unspecified atom stereocenters. The molecule has 3 saturated heterocycles. The van der Waals surface area contributed by atoms with Gasteiger partial charge in [-0.15, -0.1) is 11.8 Å². The zero-order valence-electron chi connectivity index (χ0n) is 19.7. The van der Waals surface area contributed by atoms with Crippen LogP contribution in [-0.4, -0.2) is 86.2 Å². The second-order valence-electron chi connectivity index (χ2n) is 9.42. The molecule has 0 bridgehead atoms. The van der Waals surface area contributed by atoms with Crippen molar-refractivity contribution in [2.45, 2.75) is 49.4 Å². The van der Waals surface area contributed by atoms with Crippen LogP contribution in [0.1, 0.15) is 39.3 Å². The lowest BCUT2D eigenvalue weighted by molar-refractivity contribution is -0.154. The number of carbonyl (C=O) groups is 5. The smallest absolute Gasteiger partial charge is 0.325 e. The first-order chi connectivity index (χ1) is 16.0. The van der Waals surface area contributed by atoms with Gasteiger partial charge in [-0.3, -0.25) is 24.1 Å². The molecule has 3 heterocycles. The Hall–Kier alpha value is -3.08. The monoisotopic (exact) mass is 487 g/mol. The van der Waals surface area contributed by atoms with Crippen LogP contribution in [0.5, 0.6) is 0 Å². The van der Waals surface area contributed by atoms with E-state index >= 15 is 0 Å². The summed E-state index contributed by atoms with van der Waals surface area (Å²) >= 11 is 1.63. The van der Waals surface area contributed by atoms with Gasteiger partial charge in [0.1, 0.15) is 17.0 Å². The van der Waals surface area contributed by atoms with Crippen molar-refractivity contribution in [3.63, 3.8) is 0 Å². The van der Waals surface area contributed by atoms with Gasteiger partial charge in [0.15, 0.2) is 0 Å². The van der Waals surface area contributed by atoms with E-state index in [1.165, 1.54) is 4.90 Å². The van der Waals surface area contributed by atoms with Crippen LogP contribution in [0.4, 0.5) is 4.79 Å². The number of hydrogen-bond acceptors (Lipinski definition) is 6. The molecule has 182 valence electrons. The summed E-state index contributed by atoms with van der Waals surface area (Å²) in [5.74, 6) is -2.41. The summed E-state index contributed by atoms with van der Waals surface area (Å²) in [5.41, 5.74) is 0.493. The number of imide groups is 1. The third-order valence-corrected chi connectivity index (χ3v) is 8.04. The minimum absolute atomic E-state index is 0.0350. The highest BCUT2D eigenvalue weighted by Crippen LogP contribution is 2.54. The number of thioether (sulfide) groups is 1. The number of fused-ring (bicyclic) bond motifs is 1. The Morgan fingerprint density at radius 2 is 1.76 bits per heavy atom. The summed E-state index contributed by atoms with van der Waals surface area (Å²) in [7, 11) is 0. The van der Waals surface area contributed by atoms with Crippen molar-refractivity contribution in [3.05, 3.63) is 35.9 Å². The number of piperazine rings is 1. The Kier molecular flexibility index (Phi) is 6.09. The Labute approximate surface area is 202 Å². The molecule has 3 atom stereocenters. The molecule has 1 aromatic rings. The van der Waals surface area contributed by atoms with Crippen LogP contribution in [-0.2, 0) is 19.2 Å². The van der Waals surface area contributed by atoms with Gasteiger partial charge in [-0.1, -0.05) is 30.3 Å². The highest BCUT2D eigenvalue weighted by atomic mass is 32.2. The quantitative estimate of drug-likeness (QED) is 0.466. The maximum Gasteiger partial charge on any atom is 0.325 e. The average molecular weight is 488 g/mol. The number of urea groups is 1. The summed E-state index contributed by atoms with van der Waals surface area (Å²) < 4.78 is -0.134. The van der Waals surface area contributed by atoms with E-state index in [4.69, 9.17) is 0 Å². The Bertz CT molecular complexity index is 1050. The van der Waals surface area contributed by atoms with Crippen LogP contribution in [0.25, 0.3) is 0 Å². The lowest BCUT2D eigenvalue weighted by atomic mass is 9.94. The summed E-state index contributed by atoms with van der Waals surface area (Å²) in [6, 6.07) is 5.87. The van der Waals surface area contributed by atoms with E-state index in [1.54, 1.807) is 53.9 Å². The van der Waals surface area contributed by atoms with Crippen molar-refractivity contribution in [2.75, 3.05) is 26.2 Å². The summed E-state index contributed by atoms with van der Waals surface area (Å²) in [6.07, 6.45) is 0. The van der Waals surface area contributed by atoms with Crippen LogP contribution in [0, 0.1) is 0 Å². The normalized spacial score (nSPS) is 26.6. The molecular weight excluding hydrogens is 458 g/mol. The van der Waals surface area contributed by atoms with Crippen LogP contribution in [0.15, 0.2) is 30.3 Å². The number of hydrogen-bond donors (Lipinski definition) is 2. The Morgan fingerprint density at radius 1 is 1.09 bits per heavy atom. The van der Waals surface area contributed by atoms with Gasteiger partial charge < -0.3 is 20.4 Å². The van der Waals surface area contributed by atoms with Crippen LogP contribution in [0.2, 0.25) is 0 Å².